The molecule has 1 saturated heterocycles. The van der Waals surface area contributed by atoms with Crippen molar-refractivity contribution < 1.29 is 14.4 Å². The Hall–Kier alpha value is -2.41. The quantitative estimate of drug-likeness (QED) is 0.850. The summed E-state index contributed by atoms with van der Waals surface area (Å²) in [5, 5.41) is 2.75. The highest BCUT2D eigenvalue weighted by atomic mass is 16.2. The van der Waals surface area contributed by atoms with Gasteiger partial charge >= 0.3 is 0 Å². The summed E-state index contributed by atoms with van der Waals surface area (Å²) in [6.07, 6.45) is 1.16. The van der Waals surface area contributed by atoms with Crippen LogP contribution in [0.4, 0.5) is 11.4 Å². The monoisotopic (exact) mass is 344 g/mol. The van der Waals surface area contributed by atoms with Crippen molar-refractivity contribution in [2.75, 3.05) is 29.9 Å². The van der Waals surface area contributed by atoms with E-state index in [1.807, 2.05) is 17.9 Å². The van der Waals surface area contributed by atoms with Crippen LogP contribution in [-0.2, 0) is 14.4 Å². The predicted octanol–water partition coefficient (Wildman–Crippen LogP) is 0.948. The van der Waals surface area contributed by atoms with Crippen molar-refractivity contribution in [2.45, 2.75) is 32.2 Å². The lowest BCUT2D eigenvalue weighted by Gasteiger charge is -2.29. The smallest absolute Gasteiger partial charge is 0.244 e. The molecular weight excluding hydrogens is 320 g/mol. The van der Waals surface area contributed by atoms with Gasteiger partial charge in [-0.25, -0.2) is 0 Å². The van der Waals surface area contributed by atoms with Gasteiger partial charge in [-0.15, -0.1) is 0 Å². The van der Waals surface area contributed by atoms with Gasteiger partial charge < -0.3 is 20.9 Å². The van der Waals surface area contributed by atoms with Crippen molar-refractivity contribution in [2.24, 2.45) is 11.7 Å². The Morgan fingerprint density at radius 2 is 1.96 bits per heavy atom. The van der Waals surface area contributed by atoms with E-state index in [2.05, 4.69) is 5.32 Å². The van der Waals surface area contributed by atoms with Gasteiger partial charge in [0.1, 0.15) is 6.54 Å². The van der Waals surface area contributed by atoms with Gasteiger partial charge in [0.15, 0.2) is 0 Å². The number of benzene rings is 1. The SMILES string of the molecule is CC1CC(CN)CN1C(=O)CCC(=O)N1CC(=O)Nc2ccccc21. The first-order chi connectivity index (χ1) is 12.0. The van der Waals surface area contributed by atoms with Crippen molar-refractivity contribution in [3.05, 3.63) is 24.3 Å². The summed E-state index contributed by atoms with van der Waals surface area (Å²) < 4.78 is 0. The molecule has 7 heteroatoms. The molecule has 134 valence electrons. The minimum absolute atomic E-state index is 0.0145. The molecule has 0 bridgehead atoms. The van der Waals surface area contributed by atoms with Gasteiger partial charge in [-0.05, 0) is 37.9 Å². The van der Waals surface area contributed by atoms with Gasteiger partial charge in [-0.3, -0.25) is 14.4 Å². The third kappa shape index (κ3) is 3.66. The summed E-state index contributed by atoms with van der Waals surface area (Å²) >= 11 is 0. The molecule has 0 aliphatic carbocycles. The molecule has 2 unspecified atom stereocenters. The van der Waals surface area contributed by atoms with Crippen LogP contribution >= 0.6 is 0 Å². The molecule has 3 N–H and O–H groups in total. The second-order valence-electron chi connectivity index (χ2n) is 6.78. The Labute approximate surface area is 147 Å². The Bertz CT molecular complexity index is 691. The molecule has 0 saturated carbocycles. The molecule has 1 fully saturated rings. The molecule has 25 heavy (non-hydrogen) atoms. The third-order valence-corrected chi connectivity index (χ3v) is 4.94. The minimum Gasteiger partial charge on any atom is -0.340 e. The third-order valence-electron chi connectivity index (χ3n) is 4.94. The summed E-state index contributed by atoms with van der Waals surface area (Å²) in [5.74, 6) is -0.117. The highest BCUT2D eigenvalue weighted by Crippen LogP contribution is 2.29. The van der Waals surface area contributed by atoms with Crippen LogP contribution in [-0.4, -0.2) is 48.3 Å². The molecule has 2 aliphatic heterocycles. The van der Waals surface area contributed by atoms with Crippen LogP contribution in [0.1, 0.15) is 26.2 Å². The molecule has 2 aliphatic rings. The molecular formula is C18H24N4O3. The largest absolute Gasteiger partial charge is 0.340 e. The van der Waals surface area contributed by atoms with Crippen molar-refractivity contribution in [3.63, 3.8) is 0 Å². The van der Waals surface area contributed by atoms with Crippen LogP contribution in [0.2, 0.25) is 0 Å². The number of hydrogen-bond donors (Lipinski definition) is 2. The van der Waals surface area contributed by atoms with Gasteiger partial charge in [-0.2, -0.15) is 0 Å². The van der Waals surface area contributed by atoms with E-state index in [0.29, 0.717) is 30.4 Å². The summed E-state index contributed by atoms with van der Waals surface area (Å²) in [6, 6.07) is 7.34. The number of nitrogens with two attached hydrogens (primary N) is 1. The van der Waals surface area contributed by atoms with Crippen LogP contribution in [0, 0.1) is 5.92 Å². The average Bonchev–Trinajstić information content (AvgIpc) is 2.99. The number of rotatable bonds is 4. The van der Waals surface area contributed by atoms with Crippen molar-refractivity contribution in [1.82, 2.24) is 4.90 Å². The Morgan fingerprint density at radius 3 is 2.68 bits per heavy atom. The van der Waals surface area contributed by atoms with E-state index in [4.69, 9.17) is 5.73 Å². The first-order valence-electron chi connectivity index (χ1n) is 8.68. The Kier molecular flexibility index (Phi) is 5.03. The molecule has 0 radical (unpaired) electrons. The highest BCUT2D eigenvalue weighted by molar-refractivity contribution is 6.10. The molecule has 2 heterocycles. The zero-order valence-electron chi connectivity index (χ0n) is 14.4. The molecule has 0 aromatic heterocycles. The Morgan fingerprint density at radius 1 is 1.24 bits per heavy atom. The molecule has 7 nitrogen and oxygen atoms in total. The van der Waals surface area contributed by atoms with Crippen LogP contribution in [0.3, 0.4) is 0 Å². The maximum Gasteiger partial charge on any atom is 0.244 e. The molecule has 3 amide bonds. The first-order valence-corrected chi connectivity index (χ1v) is 8.68. The van der Waals surface area contributed by atoms with E-state index >= 15 is 0 Å². The second-order valence-corrected chi connectivity index (χ2v) is 6.78. The van der Waals surface area contributed by atoms with Gasteiger partial charge in [0, 0.05) is 25.4 Å². The van der Waals surface area contributed by atoms with Gasteiger partial charge in [-0.1, -0.05) is 12.1 Å². The van der Waals surface area contributed by atoms with Crippen LogP contribution in [0.5, 0.6) is 0 Å². The summed E-state index contributed by atoms with van der Waals surface area (Å²) in [7, 11) is 0. The van der Waals surface area contributed by atoms with E-state index < -0.39 is 0 Å². The van der Waals surface area contributed by atoms with Crippen LogP contribution in [0.15, 0.2) is 24.3 Å². The lowest BCUT2D eigenvalue weighted by Crippen LogP contribution is -2.42. The lowest BCUT2D eigenvalue weighted by molar-refractivity contribution is -0.133. The fourth-order valence-electron chi connectivity index (χ4n) is 3.61. The lowest BCUT2D eigenvalue weighted by atomic mass is 10.1. The molecule has 1 aromatic carbocycles. The summed E-state index contributed by atoms with van der Waals surface area (Å²) in [6.45, 7) is 3.24. The summed E-state index contributed by atoms with van der Waals surface area (Å²) in [5.41, 5.74) is 7.00. The zero-order valence-corrected chi connectivity index (χ0v) is 14.4. The highest BCUT2D eigenvalue weighted by Gasteiger charge is 2.32. The fraction of sp³-hybridized carbons (Fsp3) is 0.500. The predicted molar refractivity (Wildman–Crippen MR) is 95.0 cm³/mol. The van der Waals surface area contributed by atoms with Gasteiger partial charge in [0.05, 0.1) is 11.4 Å². The fourth-order valence-corrected chi connectivity index (χ4v) is 3.61. The van der Waals surface area contributed by atoms with Crippen molar-refractivity contribution in [1.29, 1.82) is 0 Å². The molecule has 2 atom stereocenters. The number of para-hydroxylation sites is 2. The molecule has 0 spiro atoms. The average molecular weight is 344 g/mol. The maximum absolute atomic E-state index is 12.6. The first kappa shape index (κ1) is 17.4. The van der Waals surface area contributed by atoms with Crippen molar-refractivity contribution >= 4 is 29.1 Å². The number of hydrogen-bond acceptors (Lipinski definition) is 4. The van der Waals surface area contributed by atoms with Crippen LogP contribution < -0.4 is 16.0 Å². The minimum atomic E-state index is -0.225. The molecule has 3 rings (SSSR count). The summed E-state index contributed by atoms with van der Waals surface area (Å²) in [4.78, 5) is 40.1. The number of nitrogens with one attached hydrogen (secondary N) is 1. The maximum atomic E-state index is 12.6. The number of fused-ring (bicyclic) bond motifs is 1. The normalized spacial score (nSPS) is 22.6. The number of carbonyl (C=O) groups excluding carboxylic acids is 3. The van der Waals surface area contributed by atoms with E-state index in [9.17, 15) is 14.4 Å². The van der Waals surface area contributed by atoms with E-state index in [-0.39, 0.29) is 43.1 Å². The van der Waals surface area contributed by atoms with Crippen molar-refractivity contribution in [3.8, 4) is 0 Å². The Balaban J connectivity index is 1.62. The number of likely N-dealkylation sites (tertiary alicyclic amines) is 1. The van der Waals surface area contributed by atoms with E-state index in [1.165, 1.54) is 4.90 Å². The topological polar surface area (TPSA) is 95.7 Å². The molecule has 1 aromatic rings. The van der Waals surface area contributed by atoms with E-state index in [1.54, 1.807) is 18.2 Å². The number of carbonyl (C=O) groups is 3. The van der Waals surface area contributed by atoms with Gasteiger partial charge in [0.25, 0.3) is 0 Å². The van der Waals surface area contributed by atoms with E-state index in [0.717, 1.165) is 6.42 Å². The van der Waals surface area contributed by atoms with Crippen LogP contribution in [0.25, 0.3) is 0 Å². The standard InChI is InChI=1S/C18H24N4O3/c1-12-8-13(9-19)10-21(12)17(24)6-7-18(25)22-11-16(23)20-14-4-2-3-5-15(14)22/h2-5,12-13H,6-11,19H2,1H3,(H,20,23). The number of anilines is 2. The number of amides is 3. The second kappa shape index (κ2) is 7.23. The van der Waals surface area contributed by atoms with Gasteiger partial charge in [0.2, 0.25) is 17.7 Å². The zero-order chi connectivity index (χ0) is 18.0. The number of nitrogens with zero attached hydrogens (tertiary/aromatic N) is 2.